The van der Waals surface area contributed by atoms with Crippen molar-refractivity contribution in [2.45, 2.75) is 259 Å². The van der Waals surface area contributed by atoms with Crippen molar-refractivity contribution in [3.8, 4) is 0 Å². The molecule has 0 aromatic heterocycles. The molecule has 0 aliphatic rings. The highest BCUT2D eigenvalue weighted by Crippen LogP contribution is 2.25. The van der Waals surface area contributed by atoms with E-state index in [0.29, 0.717) is 101 Å². The standard InChI is InChI=1S/C22H38O9.C19H30O9.C15H25NO5.C15H24O6.3C10H14/c1-6-22(4,5)21(25)31-17-15-28-13-11-26-10-12-27-14-16-29-19(23)8-7-9-30-20(24)18(2)3;1-6-19(4,5)18(24)26-10-9-25-15(21)7-8-16(22)27-11-14(20)12-28-17(23)13(2)3;1-5-12(4)14(18)16-8-10-20-13(17)7-6-9-21-15(19)11(2)3;1-5-12(16)19-9-7-8-13(17)20-10-11-21-14(18)15(3,4)6-2;3*1-3-9(2)10-7-5-4-6-8-10/h2,6-17H2,1,3-5H3;14,20H,2,6-12H2,1,3-5H3;12H,2,5-10H2,1,3-4H3,(H,16,18);5H,1,6-11H2,2-4H3;3*4-9H,3H2,1-2H3. The first-order valence-corrected chi connectivity index (χ1v) is 45.3. The summed E-state index contributed by atoms with van der Waals surface area (Å²) >= 11 is 0. The normalized spacial score (nSPS) is 11.7. The van der Waals surface area contributed by atoms with Crippen molar-refractivity contribution in [3.05, 3.63) is 157 Å². The Labute approximate surface area is 780 Å². The predicted molar refractivity (Wildman–Crippen MR) is 502 cm³/mol. The fraction of sp³-hybridized carbons (Fsp3) is 0.614. The Balaban J connectivity index is -0.000000745. The fourth-order valence-electron chi connectivity index (χ4n) is 8.85. The van der Waals surface area contributed by atoms with Gasteiger partial charge in [0.25, 0.3) is 0 Å². The number of esters is 12. The highest BCUT2D eigenvalue weighted by molar-refractivity contribution is 5.88. The first-order chi connectivity index (χ1) is 61.9. The lowest BCUT2D eigenvalue weighted by Gasteiger charge is -2.20. The molecule has 0 saturated heterocycles. The highest BCUT2D eigenvalue weighted by atomic mass is 16.6. The summed E-state index contributed by atoms with van der Waals surface area (Å²) in [5.41, 5.74) is 3.59. The summed E-state index contributed by atoms with van der Waals surface area (Å²) in [6.45, 7) is 54.5. The fourth-order valence-corrected chi connectivity index (χ4v) is 8.85. The summed E-state index contributed by atoms with van der Waals surface area (Å²) in [6, 6.07) is 31.9. The van der Waals surface area contributed by atoms with E-state index in [0.717, 1.165) is 18.9 Å². The monoisotopic (exact) mass is 1850 g/mol. The van der Waals surface area contributed by atoms with Crippen molar-refractivity contribution in [1.82, 2.24) is 5.32 Å². The largest absolute Gasteiger partial charge is 0.464 e. The van der Waals surface area contributed by atoms with Crippen LogP contribution in [0.2, 0.25) is 0 Å². The van der Waals surface area contributed by atoms with Crippen LogP contribution in [0.5, 0.6) is 0 Å². The molecule has 5 unspecified atom stereocenters. The van der Waals surface area contributed by atoms with E-state index >= 15 is 0 Å². The Hall–Kier alpha value is -10.4. The third-order valence-electron chi connectivity index (χ3n) is 19.7. The number of aliphatic hydroxyl groups is 1. The van der Waals surface area contributed by atoms with Crippen LogP contribution in [0.4, 0.5) is 0 Å². The van der Waals surface area contributed by atoms with E-state index in [1.54, 1.807) is 41.5 Å². The molecule has 1 amide bonds. The molecule has 2 N–H and O–H groups in total. The van der Waals surface area contributed by atoms with Crippen molar-refractivity contribution >= 4 is 77.5 Å². The number of hydrogen-bond acceptors (Lipinski definition) is 29. The maximum absolute atomic E-state index is 11.8. The zero-order valence-corrected chi connectivity index (χ0v) is 82.4. The smallest absolute Gasteiger partial charge is 0.333 e. The van der Waals surface area contributed by atoms with Crippen molar-refractivity contribution in [2.75, 3.05) is 125 Å². The van der Waals surface area contributed by atoms with Crippen LogP contribution in [0.25, 0.3) is 0 Å². The van der Waals surface area contributed by atoms with Crippen LogP contribution < -0.4 is 5.32 Å². The van der Waals surface area contributed by atoms with Crippen LogP contribution in [0.1, 0.15) is 269 Å². The zero-order chi connectivity index (χ0) is 100. The van der Waals surface area contributed by atoms with Crippen LogP contribution in [0.15, 0.2) is 140 Å². The first-order valence-electron chi connectivity index (χ1n) is 45.3. The second kappa shape index (κ2) is 79.3. The van der Waals surface area contributed by atoms with Gasteiger partial charge in [0.2, 0.25) is 5.91 Å². The van der Waals surface area contributed by atoms with Crippen molar-refractivity contribution in [2.24, 2.45) is 22.2 Å². The van der Waals surface area contributed by atoms with Gasteiger partial charge in [0.15, 0.2) is 0 Å². The molecule has 131 heavy (non-hydrogen) atoms. The number of rotatable bonds is 58. The average Bonchev–Trinajstić information content (AvgIpc) is 0.896. The van der Waals surface area contributed by atoms with Gasteiger partial charge in [-0.3, -0.25) is 43.2 Å². The van der Waals surface area contributed by atoms with E-state index in [4.69, 9.17) is 71.1 Å². The third kappa shape index (κ3) is 71.9. The number of ether oxygens (including phenoxy) is 15. The van der Waals surface area contributed by atoms with Crippen molar-refractivity contribution < 1.29 is 138 Å². The van der Waals surface area contributed by atoms with E-state index in [1.807, 2.05) is 48.5 Å². The molecular weight excluding hydrogens is 1690 g/mol. The van der Waals surface area contributed by atoms with Crippen LogP contribution in [0.3, 0.4) is 0 Å². The SMILES string of the molecule is C=C(C)C(=O)OCC(O)COC(=O)CCC(=O)OCCOC(=O)C(C)(C)CC.C=C(C)C(=O)OCCCC(=O)OCCNC(=O)C(C)CC.C=C(C)C(=O)OCCCC(=O)OCCOCCOCCOCCOC(=O)C(C)(C)CC.C=CC(=O)OCCCC(=O)OCCOC(=O)C(C)(C)CC.CCC(C)c1ccccc1.CCC(C)c1ccccc1.CCC(C)c1ccccc1. The molecule has 3 rings (SSSR count). The number of amides is 1. The number of hydrogen-bond donors (Lipinski definition) is 2. The number of nitrogens with one attached hydrogen (secondary N) is 1. The zero-order valence-electron chi connectivity index (χ0n) is 82.4. The second-order valence-electron chi connectivity index (χ2n) is 32.3. The van der Waals surface area contributed by atoms with Gasteiger partial charge in [-0.15, -0.1) is 0 Å². The second-order valence-corrected chi connectivity index (χ2v) is 32.3. The summed E-state index contributed by atoms with van der Waals surface area (Å²) < 4.78 is 74.8. The van der Waals surface area contributed by atoms with Gasteiger partial charge in [0.05, 0.1) is 95.1 Å². The van der Waals surface area contributed by atoms with E-state index in [2.05, 4.69) is 164 Å². The molecule has 30 heteroatoms. The molecule has 0 spiro atoms. The Morgan fingerprint density at radius 1 is 0.344 bits per heavy atom. The van der Waals surface area contributed by atoms with E-state index in [9.17, 15) is 67.4 Å². The minimum absolute atomic E-state index is 0.0246. The maximum atomic E-state index is 11.8. The molecule has 3 aromatic rings. The minimum Gasteiger partial charge on any atom is -0.464 e. The Morgan fingerprint density at radius 2 is 0.611 bits per heavy atom. The Morgan fingerprint density at radius 3 is 0.916 bits per heavy atom. The van der Waals surface area contributed by atoms with Crippen LogP contribution >= 0.6 is 0 Å². The average molecular weight is 1850 g/mol. The first kappa shape index (κ1) is 127. The summed E-state index contributed by atoms with van der Waals surface area (Å²) in [5.74, 6) is -3.47. The van der Waals surface area contributed by atoms with Gasteiger partial charge in [-0.05, 0) is 161 Å². The van der Waals surface area contributed by atoms with Gasteiger partial charge in [-0.2, -0.15) is 0 Å². The lowest BCUT2D eigenvalue weighted by molar-refractivity contribution is -0.160. The molecule has 3 aromatic carbocycles. The molecule has 0 heterocycles. The van der Waals surface area contributed by atoms with E-state index < -0.39 is 64.1 Å². The highest BCUT2D eigenvalue weighted by Gasteiger charge is 2.29. The van der Waals surface area contributed by atoms with Crippen molar-refractivity contribution in [3.63, 3.8) is 0 Å². The molecule has 0 aliphatic carbocycles. The van der Waals surface area contributed by atoms with E-state index in [1.165, 1.54) is 42.9 Å². The molecule has 742 valence electrons. The summed E-state index contributed by atoms with van der Waals surface area (Å²) in [7, 11) is 0. The quantitative estimate of drug-likeness (QED) is 0.0229. The topological polar surface area (TPSA) is 393 Å². The van der Waals surface area contributed by atoms with Crippen molar-refractivity contribution in [1.29, 1.82) is 0 Å². The van der Waals surface area contributed by atoms with Gasteiger partial charge < -0.3 is 81.5 Å². The molecule has 0 fully saturated rings. The Kier molecular flexibility index (Phi) is 76.8. The summed E-state index contributed by atoms with van der Waals surface area (Å²) in [6.07, 6.45) is 7.55. The van der Waals surface area contributed by atoms with Crippen LogP contribution in [0, 0.1) is 22.2 Å². The maximum Gasteiger partial charge on any atom is 0.333 e. The Bertz CT molecular complexity index is 3600. The van der Waals surface area contributed by atoms with Gasteiger partial charge in [0, 0.05) is 48.0 Å². The van der Waals surface area contributed by atoms with Gasteiger partial charge in [-0.25, -0.2) is 19.2 Å². The molecular formula is C101H159NO29. The molecule has 0 aliphatic heterocycles. The van der Waals surface area contributed by atoms with Gasteiger partial charge in [-0.1, -0.05) is 193 Å². The minimum atomic E-state index is -1.18. The van der Waals surface area contributed by atoms with Gasteiger partial charge in [0.1, 0.15) is 65.6 Å². The third-order valence-corrected chi connectivity index (χ3v) is 19.7. The molecule has 0 saturated carbocycles. The molecule has 30 nitrogen and oxygen atoms in total. The predicted octanol–water partition coefficient (Wildman–Crippen LogP) is 17.0. The van der Waals surface area contributed by atoms with E-state index in [-0.39, 0.29) is 165 Å². The number of benzene rings is 3. The van der Waals surface area contributed by atoms with Gasteiger partial charge >= 0.3 is 71.6 Å². The van der Waals surface area contributed by atoms with Crippen LogP contribution in [-0.4, -0.2) is 214 Å². The number of carbonyl (C=O) groups is 13. The molecule has 0 radical (unpaired) electrons. The summed E-state index contributed by atoms with van der Waals surface area (Å²) in [4.78, 5) is 148. The lowest BCUT2D eigenvalue weighted by atomic mass is 9.91. The van der Waals surface area contributed by atoms with Crippen LogP contribution in [-0.2, 0) is 133 Å². The molecule has 0 bridgehead atoms. The number of aliphatic hydroxyl groups excluding tert-OH is 1. The number of carbonyl (C=O) groups excluding carboxylic acids is 13. The molecule has 5 atom stereocenters. The lowest BCUT2D eigenvalue weighted by Crippen LogP contribution is -2.32. The summed E-state index contributed by atoms with van der Waals surface area (Å²) in [5, 5.41) is 12.2.